The molecule has 0 spiro atoms. The minimum atomic E-state index is -1.30. The quantitative estimate of drug-likeness (QED) is 0.734. The van der Waals surface area contributed by atoms with Gasteiger partial charge in [-0.1, -0.05) is 6.07 Å². The van der Waals surface area contributed by atoms with Crippen LogP contribution in [0, 0.1) is 3.57 Å². The number of rotatable bonds is 3. The average molecular weight is 348 g/mol. The third kappa shape index (κ3) is 4.22. The lowest BCUT2D eigenvalue weighted by Crippen LogP contribution is -2.51. The summed E-state index contributed by atoms with van der Waals surface area (Å²) in [4.78, 5) is 22.4. The van der Waals surface area contributed by atoms with Crippen LogP contribution in [0.2, 0.25) is 0 Å². The number of nitrogens with one attached hydrogen (secondary N) is 2. The van der Waals surface area contributed by atoms with E-state index in [0.717, 1.165) is 3.57 Å². The van der Waals surface area contributed by atoms with Crippen molar-refractivity contribution in [2.75, 3.05) is 5.32 Å². The standard InChI is InChI=1S/C11H13IN2O3/c1-11(2,9(15)16)14-10(17)13-8-5-3-4-7(12)6-8/h3-6H,1-2H3,(H,15,16)(H2,13,14,17). The van der Waals surface area contributed by atoms with Crippen molar-refractivity contribution in [1.82, 2.24) is 5.32 Å². The molecule has 1 rings (SSSR count). The summed E-state index contributed by atoms with van der Waals surface area (Å²) in [7, 11) is 0. The molecule has 3 N–H and O–H groups in total. The van der Waals surface area contributed by atoms with Crippen LogP contribution in [-0.2, 0) is 4.79 Å². The summed E-state index contributed by atoms with van der Waals surface area (Å²) < 4.78 is 0.984. The molecule has 0 aromatic heterocycles. The Labute approximate surface area is 113 Å². The molecule has 92 valence electrons. The first-order valence-electron chi connectivity index (χ1n) is 4.89. The Morgan fingerprint density at radius 2 is 2.00 bits per heavy atom. The SMILES string of the molecule is CC(C)(NC(=O)Nc1cccc(I)c1)C(=O)O. The van der Waals surface area contributed by atoms with E-state index in [1.807, 2.05) is 6.07 Å². The molecule has 0 atom stereocenters. The van der Waals surface area contributed by atoms with Crippen LogP contribution in [0.25, 0.3) is 0 Å². The van der Waals surface area contributed by atoms with Crippen LogP contribution in [-0.4, -0.2) is 22.6 Å². The number of halogens is 1. The molecule has 0 saturated heterocycles. The first kappa shape index (κ1) is 13.8. The van der Waals surface area contributed by atoms with Gasteiger partial charge in [0.25, 0.3) is 0 Å². The summed E-state index contributed by atoms with van der Waals surface area (Å²) in [5.41, 5.74) is -0.679. The molecule has 0 bridgehead atoms. The van der Waals surface area contributed by atoms with Crippen molar-refractivity contribution in [3.05, 3.63) is 27.8 Å². The van der Waals surface area contributed by atoms with E-state index in [4.69, 9.17) is 5.11 Å². The molecule has 0 aliphatic rings. The third-order valence-electron chi connectivity index (χ3n) is 2.04. The van der Waals surface area contributed by atoms with Crippen molar-refractivity contribution in [3.8, 4) is 0 Å². The van der Waals surface area contributed by atoms with Crippen LogP contribution in [0.5, 0.6) is 0 Å². The number of anilines is 1. The van der Waals surface area contributed by atoms with Crippen molar-refractivity contribution >= 4 is 40.3 Å². The second-order valence-electron chi connectivity index (χ2n) is 4.02. The second kappa shape index (κ2) is 5.35. The van der Waals surface area contributed by atoms with Crippen LogP contribution >= 0.6 is 22.6 Å². The Bertz CT molecular complexity index is 446. The second-order valence-corrected chi connectivity index (χ2v) is 5.27. The lowest BCUT2D eigenvalue weighted by molar-refractivity contribution is -0.142. The van der Waals surface area contributed by atoms with E-state index in [9.17, 15) is 9.59 Å². The number of amides is 2. The number of carboxylic acids is 1. The van der Waals surface area contributed by atoms with Gasteiger partial charge < -0.3 is 15.7 Å². The lowest BCUT2D eigenvalue weighted by Gasteiger charge is -2.21. The predicted octanol–water partition coefficient (Wildman–Crippen LogP) is 2.28. The van der Waals surface area contributed by atoms with Gasteiger partial charge in [-0.25, -0.2) is 9.59 Å². The summed E-state index contributed by atoms with van der Waals surface area (Å²) in [5, 5.41) is 13.8. The van der Waals surface area contributed by atoms with Gasteiger partial charge >= 0.3 is 12.0 Å². The topological polar surface area (TPSA) is 78.4 Å². The number of carbonyl (C=O) groups excluding carboxylic acids is 1. The third-order valence-corrected chi connectivity index (χ3v) is 2.71. The fraction of sp³-hybridized carbons (Fsp3) is 0.273. The van der Waals surface area contributed by atoms with Crippen LogP contribution < -0.4 is 10.6 Å². The highest BCUT2D eigenvalue weighted by Gasteiger charge is 2.28. The number of carbonyl (C=O) groups is 2. The minimum Gasteiger partial charge on any atom is -0.480 e. The normalized spacial score (nSPS) is 10.8. The summed E-state index contributed by atoms with van der Waals surface area (Å²) in [6.45, 7) is 2.84. The molecule has 0 saturated carbocycles. The maximum atomic E-state index is 11.6. The lowest BCUT2D eigenvalue weighted by atomic mass is 10.1. The van der Waals surface area contributed by atoms with E-state index in [-0.39, 0.29) is 0 Å². The minimum absolute atomic E-state index is 0.542. The maximum Gasteiger partial charge on any atom is 0.328 e. The highest BCUT2D eigenvalue weighted by Crippen LogP contribution is 2.12. The largest absolute Gasteiger partial charge is 0.480 e. The monoisotopic (exact) mass is 348 g/mol. The highest BCUT2D eigenvalue weighted by atomic mass is 127. The van der Waals surface area contributed by atoms with Gasteiger partial charge in [0.05, 0.1) is 0 Å². The Balaban J connectivity index is 2.65. The number of urea groups is 1. The van der Waals surface area contributed by atoms with Gasteiger partial charge in [0.15, 0.2) is 0 Å². The summed E-state index contributed by atoms with van der Waals surface area (Å²) >= 11 is 2.13. The molecule has 1 aromatic rings. The molecule has 0 unspecified atom stereocenters. The summed E-state index contributed by atoms with van der Waals surface area (Å²) in [6, 6.07) is 6.67. The Morgan fingerprint density at radius 3 is 2.53 bits per heavy atom. The zero-order chi connectivity index (χ0) is 13.1. The Morgan fingerprint density at radius 1 is 1.35 bits per heavy atom. The number of benzene rings is 1. The molecule has 0 heterocycles. The predicted molar refractivity (Wildman–Crippen MR) is 73.0 cm³/mol. The zero-order valence-electron chi connectivity index (χ0n) is 9.45. The molecule has 1 aromatic carbocycles. The van der Waals surface area contributed by atoms with Gasteiger partial charge in [-0.05, 0) is 54.6 Å². The number of hydrogen-bond donors (Lipinski definition) is 3. The molecular weight excluding hydrogens is 335 g/mol. The van der Waals surface area contributed by atoms with Crippen molar-refractivity contribution in [2.45, 2.75) is 19.4 Å². The number of carboxylic acid groups (broad SMARTS) is 1. The van der Waals surface area contributed by atoms with Crippen LogP contribution in [0.4, 0.5) is 10.5 Å². The number of aliphatic carboxylic acids is 1. The smallest absolute Gasteiger partial charge is 0.328 e. The van der Waals surface area contributed by atoms with Crippen molar-refractivity contribution in [2.24, 2.45) is 0 Å². The van der Waals surface area contributed by atoms with E-state index in [1.165, 1.54) is 13.8 Å². The summed E-state index contributed by atoms with van der Waals surface area (Å²) in [5.74, 6) is -1.09. The Hall–Kier alpha value is -1.31. The maximum absolute atomic E-state index is 11.6. The van der Waals surface area contributed by atoms with E-state index >= 15 is 0 Å². The van der Waals surface area contributed by atoms with Crippen LogP contribution in [0.15, 0.2) is 24.3 Å². The molecule has 0 aliphatic heterocycles. The molecule has 0 fully saturated rings. The van der Waals surface area contributed by atoms with Crippen LogP contribution in [0.1, 0.15) is 13.8 Å². The molecule has 6 heteroatoms. The van der Waals surface area contributed by atoms with Crippen molar-refractivity contribution in [3.63, 3.8) is 0 Å². The van der Waals surface area contributed by atoms with Gasteiger partial charge in [-0.15, -0.1) is 0 Å². The fourth-order valence-electron chi connectivity index (χ4n) is 1.07. The summed E-state index contributed by atoms with van der Waals surface area (Å²) in [6.07, 6.45) is 0. The fourth-order valence-corrected chi connectivity index (χ4v) is 1.61. The van der Waals surface area contributed by atoms with Gasteiger partial charge in [-0.3, -0.25) is 0 Å². The van der Waals surface area contributed by atoms with Gasteiger partial charge in [0.1, 0.15) is 5.54 Å². The Kier molecular flexibility index (Phi) is 4.33. The average Bonchev–Trinajstić information content (AvgIpc) is 2.15. The molecule has 0 aliphatic carbocycles. The van der Waals surface area contributed by atoms with Gasteiger partial charge in [0, 0.05) is 9.26 Å². The van der Waals surface area contributed by atoms with E-state index in [0.29, 0.717) is 5.69 Å². The van der Waals surface area contributed by atoms with Crippen molar-refractivity contribution in [1.29, 1.82) is 0 Å². The van der Waals surface area contributed by atoms with Gasteiger partial charge in [-0.2, -0.15) is 0 Å². The van der Waals surface area contributed by atoms with Crippen LogP contribution in [0.3, 0.4) is 0 Å². The zero-order valence-corrected chi connectivity index (χ0v) is 11.6. The molecule has 2 amide bonds. The highest BCUT2D eigenvalue weighted by molar-refractivity contribution is 14.1. The first-order chi connectivity index (χ1) is 7.81. The van der Waals surface area contributed by atoms with E-state index in [1.54, 1.807) is 18.2 Å². The van der Waals surface area contributed by atoms with E-state index in [2.05, 4.69) is 33.2 Å². The number of hydrogen-bond acceptors (Lipinski definition) is 2. The molecule has 0 radical (unpaired) electrons. The molecule has 5 nitrogen and oxygen atoms in total. The van der Waals surface area contributed by atoms with Crippen molar-refractivity contribution < 1.29 is 14.7 Å². The van der Waals surface area contributed by atoms with Gasteiger partial charge in [0.2, 0.25) is 0 Å². The van der Waals surface area contributed by atoms with E-state index < -0.39 is 17.5 Å². The molecule has 17 heavy (non-hydrogen) atoms. The molecular formula is C11H13IN2O3. The first-order valence-corrected chi connectivity index (χ1v) is 5.97.